The number of benzene rings is 2. The minimum atomic E-state index is -4.29. The van der Waals surface area contributed by atoms with E-state index in [9.17, 15) is 35.2 Å². The Bertz CT molecular complexity index is 1440. The summed E-state index contributed by atoms with van der Waals surface area (Å²) in [5, 5.41) is 0. The average Bonchev–Trinajstić information content (AvgIpc) is 3.18. The number of aromatic nitrogens is 2. The van der Waals surface area contributed by atoms with E-state index in [1.165, 1.54) is 13.0 Å². The number of halogens is 5. The molecule has 0 amide bonds. The van der Waals surface area contributed by atoms with Gasteiger partial charge in [0.05, 0.1) is 10.9 Å². The lowest BCUT2D eigenvalue weighted by Gasteiger charge is -2.23. The fourth-order valence-electron chi connectivity index (χ4n) is 4.37. The van der Waals surface area contributed by atoms with Crippen LogP contribution < -0.4 is 0 Å². The van der Waals surface area contributed by atoms with Crippen molar-refractivity contribution in [2.24, 2.45) is 0 Å². The van der Waals surface area contributed by atoms with Crippen molar-refractivity contribution >= 4 is 15.8 Å². The molecule has 1 aliphatic rings. The van der Waals surface area contributed by atoms with Crippen molar-refractivity contribution in [2.75, 3.05) is 6.54 Å². The Morgan fingerprint density at radius 1 is 1.05 bits per heavy atom. The van der Waals surface area contributed by atoms with Crippen LogP contribution in [0.15, 0.2) is 59.8 Å². The summed E-state index contributed by atoms with van der Waals surface area (Å²) < 4.78 is 96.4. The molecule has 0 spiro atoms. The summed E-state index contributed by atoms with van der Waals surface area (Å²) in [6.45, 7) is 1.31. The van der Waals surface area contributed by atoms with Crippen LogP contribution in [-0.2, 0) is 27.2 Å². The summed E-state index contributed by atoms with van der Waals surface area (Å²) in [6.07, 6.45) is 1.73. The predicted molar refractivity (Wildman–Crippen MR) is 129 cm³/mol. The number of hydrogen-bond acceptors (Lipinski definition) is 5. The van der Waals surface area contributed by atoms with Crippen LogP contribution in [0.25, 0.3) is 11.1 Å². The standard InChI is InChI=1S/C26H24F5N3O3S/c1-25(29)12-22(34(15-25)38(36,37)21-6-4-19(27)5-7-21)23(35)8-3-16-9-17(11-20(28)10-16)18-13-32-24(33-14-18)26(2,30)31/h4-7,9-11,13-14,22H,3,8,12,15H2,1-2H3/t22-,25+/m0/s1. The molecule has 2 aromatic carbocycles. The van der Waals surface area contributed by atoms with E-state index in [2.05, 4.69) is 9.97 Å². The van der Waals surface area contributed by atoms with Crippen molar-refractivity contribution in [2.45, 2.75) is 55.6 Å². The molecule has 0 radical (unpaired) electrons. The summed E-state index contributed by atoms with van der Waals surface area (Å²) in [4.78, 5) is 20.1. The highest BCUT2D eigenvalue weighted by atomic mass is 32.2. The smallest absolute Gasteiger partial charge is 0.298 e. The molecule has 12 heteroatoms. The SMILES string of the molecule is CC(F)(F)c1ncc(-c2cc(F)cc(CCC(=O)[C@@H]3C[C@@](C)(F)CN3S(=O)(=O)c3ccc(F)cc3)c2)cn1. The van der Waals surface area contributed by atoms with Gasteiger partial charge in [0, 0.05) is 44.3 Å². The zero-order chi connectivity index (χ0) is 27.9. The molecule has 4 rings (SSSR count). The van der Waals surface area contributed by atoms with E-state index in [0.29, 0.717) is 18.1 Å². The largest absolute Gasteiger partial charge is 0.303 e. The van der Waals surface area contributed by atoms with Crippen LogP contribution in [0.3, 0.4) is 0 Å². The first-order valence-corrected chi connectivity index (χ1v) is 13.1. The maximum Gasteiger partial charge on any atom is 0.303 e. The van der Waals surface area contributed by atoms with E-state index >= 15 is 0 Å². The second-order valence-electron chi connectivity index (χ2n) is 9.64. The van der Waals surface area contributed by atoms with E-state index in [4.69, 9.17) is 0 Å². The molecule has 1 aromatic heterocycles. The van der Waals surface area contributed by atoms with E-state index in [0.717, 1.165) is 47.0 Å². The molecular weight excluding hydrogens is 529 g/mol. The molecule has 2 atom stereocenters. The number of sulfonamides is 1. The number of aryl methyl sites for hydroxylation is 1. The van der Waals surface area contributed by atoms with Crippen molar-refractivity contribution in [1.82, 2.24) is 14.3 Å². The van der Waals surface area contributed by atoms with Crippen LogP contribution in [0.1, 0.15) is 38.1 Å². The number of carbonyl (C=O) groups is 1. The van der Waals surface area contributed by atoms with Crippen LogP contribution in [0.2, 0.25) is 0 Å². The maximum atomic E-state index is 14.9. The number of alkyl halides is 3. The number of carbonyl (C=O) groups excluding carboxylic acids is 1. The van der Waals surface area contributed by atoms with Crippen LogP contribution in [0.4, 0.5) is 22.0 Å². The van der Waals surface area contributed by atoms with E-state index in [1.54, 1.807) is 6.07 Å². The second-order valence-corrected chi connectivity index (χ2v) is 11.5. The van der Waals surface area contributed by atoms with Gasteiger partial charge >= 0.3 is 5.92 Å². The lowest BCUT2D eigenvalue weighted by atomic mass is 9.97. The number of nitrogens with zero attached hydrogens (tertiary/aromatic N) is 3. The van der Waals surface area contributed by atoms with E-state index in [-0.39, 0.29) is 29.7 Å². The monoisotopic (exact) mass is 553 g/mol. The lowest BCUT2D eigenvalue weighted by molar-refractivity contribution is -0.122. The highest BCUT2D eigenvalue weighted by Crippen LogP contribution is 2.36. The minimum absolute atomic E-state index is 0.0134. The van der Waals surface area contributed by atoms with Gasteiger partial charge in [0.15, 0.2) is 11.6 Å². The van der Waals surface area contributed by atoms with E-state index < -0.39 is 57.4 Å². The van der Waals surface area contributed by atoms with Crippen LogP contribution >= 0.6 is 0 Å². The summed E-state index contributed by atoms with van der Waals surface area (Å²) in [7, 11) is -4.29. The normalized spacial score (nSPS) is 20.6. The highest BCUT2D eigenvalue weighted by molar-refractivity contribution is 7.89. The fraction of sp³-hybridized carbons (Fsp3) is 0.346. The third-order valence-electron chi connectivity index (χ3n) is 6.24. The molecule has 0 saturated carbocycles. The van der Waals surface area contributed by atoms with Gasteiger partial charge in [-0.1, -0.05) is 6.07 Å². The van der Waals surface area contributed by atoms with Crippen molar-refractivity contribution < 1.29 is 35.2 Å². The molecular formula is C26H24F5N3O3S. The van der Waals surface area contributed by atoms with E-state index in [1.807, 2.05) is 0 Å². The number of ketones is 1. The zero-order valence-corrected chi connectivity index (χ0v) is 21.3. The fourth-order valence-corrected chi connectivity index (χ4v) is 6.09. The third-order valence-corrected chi connectivity index (χ3v) is 8.11. The average molecular weight is 554 g/mol. The molecule has 38 heavy (non-hydrogen) atoms. The predicted octanol–water partition coefficient (Wildman–Crippen LogP) is 5.23. The molecule has 0 bridgehead atoms. The Kier molecular flexibility index (Phi) is 7.41. The highest BCUT2D eigenvalue weighted by Gasteiger charge is 2.49. The Hall–Kier alpha value is -3.25. The number of Topliss-reactive ketones (excluding diaryl/α,β-unsaturated/α-hetero) is 1. The Balaban J connectivity index is 1.52. The first-order valence-electron chi connectivity index (χ1n) is 11.6. The number of hydrogen-bond donors (Lipinski definition) is 0. The Morgan fingerprint density at radius 3 is 2.29 bits per heavy atom. The number of rotatable bonds is 8. The molecule has 6 nitrogen and oxygen atoms in total. The zero-order valence-electron chi connectivity index (χ0n) is 20.5. The van der Waals surface area contributed by atoms with Gasteiger partial charge in [-0.05, 0) is 60.9 Å². The molecule has 1 saturated heterocycles. The molecule has 1 fully saturated rings. The van der Waals surface area contributed by atoms with Crippen molar-refractivity contribution in [3.63, 3.8) is 0 Å². The first-order chi connectivity index (χ1) is 17.7. The van der Waals surface area contributed by atoms with Gasteiger partial charge in [0.1, 0.15) is 17.3 Å². The van der Waals surface area contributed by atoms with Gasteiger partial charge in [-0.2, -0.15) is 13.1 Å². The Labute approximate surface area is 216 Å². The molecule has 3 aromatic rings. The van der Waals surface area contributed by atoms with Gasteiger partial charge in [-0.15, -0.1) is 0 Å². The van der Waals surface area contributed by atoms with Gasteiger partial charge in [0.2, 0.25) is 10.0 Å². The molecule has 0 N–H and O–H groups in total. The Morgan fingerprint density at radius 2 is 1.68 bits per heavy atom. The van der Waals surface area contributed by atoms with Crippen LogP contribution in [0, 0.1) is 11.6 Å². The van der Waals surface area contributed by atoms with Crippen molar-refractivity contribution in [3.8, 4) is 11.1 Å². The van der Waals surface area contributed by atoms with Crippen LogP contribution in [0.5, 0.6) is 0 Å². The summed E-state index contributed by atoms with van der Waals surface area (Å²) >= 11 is 0. The third kappa shape index (κ3) is 6.07. The molecule has 1 aliphatic heterocycles. The van der Waals surface area contributed by atoms with Crippen molar-refractivity contribution in [1.29, 1.82) is 0 Å². The lowest BCUT2D eigenvalue weighted by Crippen LogP contribution is -2.41. The molecule has 0 unspecified atom stereocenters. The summed E-state index contributed by atoms with van der Waals surface area (Å²) in [5.74, 6) is -5.76. The van der Waals surface area contributed by atoms with Gasteiger partial charge in [0.25, 0.3) is 0 Å². The van der Waals surface area contributed by atoms with Gasteiger partial charge in [-0.3, -0.25) is 4.79 Å². The second kappa shape index (κ2) is 10.1. The van der Waals surface area contributed by atoms with Gasteiger partial charge in [-0.25, -0.2) is 31.6 Å². The quantitative estimate of drug-likeness (QED) is 0.357. The molecule has 202 valence electrons. The van der Waals surface area contributed by atoms with Gasteiger partial charge < -0.3 is 0 Å². The topological polar surface area (TPSA) is 80.2 Å². The minimum Gasteiger partial charge on any atom is -0.298 e. The maximum absolute atomic E-state index is 14.9. The summed E-state index contributed by atoms with van der Waals surface area (Å²) in [5.41, 5.74) is -0.991. The summed E-state index contributed by atoms with van der Waals surface area (Å²) in [6, 6.07) is 6.62. The molecule has 2 heterocycles. The van der Waals surface area contributed by atoms with Crippen molar-refractivity contribution in [3.05, 3.63) is 77.9 Å². The molecule has 0 aliphatic carbocycles. The van der Waals surface area contributed by atoms with Crippen LogP contribution in [-0.4, -0.2) is 46.7 Å². The first kappa shape index (κ1) is 27.8.